The second kappa shape index (κ2) is 5.36. The van der Waals surface area contributed by atoms with Gasteiger partial charge < -0.3 is 15.8 Å². The van der Waals surface area contributed by atoms with Crippen LogP contribution in [0, 0.1) is 0 Å². The molecular weight excluding hydrogens is 192 g/mol. The van der Waals surface area contributed by atoms with Crippen LogP contribution in [0.25, 0.3) is 0 Å². The highest BCUT2D eigenvalue weighted by Gasteiger charge is 2.01. The first kappa shape index (κ1) is 11.5. The summed E-state index contributed by atoms with van der Waals surface area (Å²) in [6.07, 6.45) is 0. The quantitative estimate of drug-likeness (QED) is 0.770. The Bertz CT molecular complexity index is 320. The number of ether oxygens (including phenoxy) is 1. The molecule has 0 aliphatic rings. The van der Waals surface area contributed by atoms with Crippen LogP contribution in [0.15, 0.2) is 24.3 Å². The van der Waals surface area contributed by atoms with Crippen molar-refractivity contribution < 1.29 is 9.53 Å². The predicted octanol–water partition coefficient (Wildman–Crippen LogP) is 0.831. The number of hydrogen-bond donors (Lipinski definition) is 2. The molecule has 82 valence electrons. The minimum absolute atomic E-state index is 0.0120. The summed E-state index contributed by atoms with van der Waals surface area (Å²) in [5, 5.41) is 2.48. The summed E-state index contributed by atoms with van der Waals surface area (Å²) >= 11 is 0. The molecule has 1 aromatic carbocycles. The Kier molecular flexibility index (Phi) is 4.12. The SMILES string of the molecule is CNC(=O)COc1ccc([C@H](C)N)cc1. The van der Waals surface area contributed by atoms with Gasteiger partial charge in [0.05, 0.1) is 0 Å². The average Bonchev–Trinajstić information content (AvgIpc) is 2.26. The number of benzene rings is 1. The summed E-state index contributed by atoms with van der Waals surface area (Å²) in [5.41, 5.74) is 6.75. The first-order valence-corrected chi connectivity index (χ1v) is 4.82. The van der Waals surface area contributed by atoms with Gasteiger partial charge in [0.1, 0.15) is 5.75 Å². The fourth-order valence-electron chi connectivity index (χ4n) is 1.09. The van der Waals surface area contributed by atoms with Crippen molar-refractivity contribution in [3.8, 4) is 5.75 Å². The third-order valence-corrected chi connectivity index (χ3v) is 2.05. The second-order valence-electron chi connectivity index (χ2n) is 3.32. The van der Waals surface area contributed by atoms with Crippen molar-refractivity contribution >= 4 is 5.91 Å². The maximum atomic E-state index is 10.9. The van der Waals surface area contributed by atoms with Gasteiger partial charge in [0.2, 0.25) is 0 Å². The van der Waals surface area contributed by atoms with Crippen LogP contribution in [0.2, 0.25) is 0 Å². The monoisotopic (exact) mass is 208 g/mol. The molecule has 0 fully saturated rings. The molecule has 0 radical (unpaired) electrons. The van der Waals surface area contributed by atoms with Gasteiger partial charge in [0.25, 0.3) is 5.91 Å². The lowest BCUT2D eigenvalue weighted by Crippen LogP contribution is -2.24. The van der Waals surface area contributed by atoms with Gasteiger partial charge in [-0.3, -0.25) is 4.79 Å². The van der Waals surface area contributed by atoms with Gasteiger partial charge in [-0.05, 0) is 24.6 Å². The van der Waals surface area contributed by atoms with Crippen molar-refractivity contribution in [3.63, 3.8) is 0 Å². The lowest BCUT2D eigenvalue weighted by Gasteiger charge is -2.08. The highest BCUT2D eigenvalue weighted by atomic mass is 16.5. The Morgan fingerprint density at radius 3 is 2.53 bits per heavy atom. The Morgan fingerprint density at radius 2 is 2.07 bits per heavy atom. The van der Waals surface area contributed by atoms with E-state index < -0.39 is 0 Å². The normalized spacial score (nSPS) is 11.9. The molecule has 1 aromatic rings. The highest BCUT2D eigenvalue weighted by Crippen LogP contribution is 2.15. The van der Waals surface area contributed by atoms with E-state index in [0.29, 0.717) is 5.75 Å². The first-order chi connectivity index (χ1) is 7.13. The smallest absolute Gasteiger partial charge is 0.257 e. The highest BCUT2D eigenvalue weighted by molar-refractivity contribution is 5.77. The van der Waals surface area contributed by atoms with Crippen molar-refractivity contribution in [2.75, 3.05) is 13.7 Å². The molecule has 15 heavy (non-hydrogen) atoms. The third-order valence-electron chi connectivity index (χ3n) is 2.05. The number of rotatable bonds is 4. The van der Waals surface area contributed by atoms with E-state index in [1.165, 1.54) is 0 Å². The molecule has 1 atom stereocenters. The molecule has 0 saturated carbocycles. The number of amides is 1. The molecule has 4 nitrogen and oxygen atoms in total. The largest absolute Gasteiger partial charge is 0.484 e. The third kappa shape index (κ3) is 3.59. The van der Waals surface area contributed by atoms with E-state index in [-0.39, 0.29) is 18.6 Å². The van der Waals surface area contributed by atoms with E-state index in [1.807, 2.05) is 31.2 Å². The lowest BCUT2D eigenvalue weighted by molar-refractivity contribution is -0.122. The zero-order valence-corrected chi connectivity index (χ0v) is 8.99. The number of nitrogens with two attached hydrogens (primary N) is 1. The van der Waals surface area contributed by atoms with Crippen LogP contribution in [0.3, 0.4) is 0 Å². The zero-order valence-electron chi connectivity index (χ0n) is 8.99. The molecule has 1 rings (SSSR count). The predicted molar refractivity (Wildman–Crippen MR) is 58.6 cm³/mol. The molecule has 0 saturated heterocycles. The van der Waals surface area contributed by atoms with Crippen LogP contribution in [-0.2, 0) is 4.79 Å². The maximum Gasteiger partial charge on any atom is 0.257 e. The van der Waals surface area contributed by atoms with Gasteiger partial charge in [-0.15, -0.1) is 0 Å². The van der Waals surface area contributed by atoms with E-state index >= 15 is 0 Å². The van der Waals surface area contributed by atoms with Gasteiger partial charge >= 0.3 is 0 Å². The zero-order chi connectivity index (χ0) is 11.3. The summed E-state index contributed by atoms with van der Waals surface area (Å²) in [6, 6.07) is 7.41. The lowest BCUT2D eigenvalue weighted by atomic mass is 10.1. The fourth-order valence-corrected chi connectivity index (χ4v) is 1.09. The number of carbonyl (C=O) groups excluding carboxylic acids is 1. The Balaban J connectivity index is 2.53. The number of nitrogens with one attached hydrogen (secondary N) is 1. The van der Waals surface area contributed by atoms with Gasteiger partial charge in [-0.25, -0.2) is 0 Å². The van der Waals surface area contributed by atoms with Gasteiger partial charge in [0, 0.05) is 13.1 Å². The summed E-state index contributed by atoms with van der Waals surface area (Å²) in [5.74, 6) is 0.522. The Morgan fingerprint density at radius 1 is 1.47 bits per heavy atom. The molecular formula is C11H16N2O2. The molecule has 0 heterocycles. The van der Waals surface area contributed by atoms with Crippen molar-refractivity contribution in [2.24, 2.45) is 5.73 Å². The van der Waals surface area contributed by atoms with Gasteiger partial charge in [-0.2, -0.15) is 0 Å². The van der Waals surface area contributed by atoms with E-state index in [4.69, 9.17) is 10.5 Å². The molecule has 0 bridgehead atoms. The summed E-state index contributed by atoms with van der Waals surface area (Å²) < 4.78 is 5.24. The van der Waals surface area contributed by atoms with Gasteiger partial charge in [-0.1, -0.05) is 12.1 Å². The van der Waals surface area contributed by atoms with Crippen molar-refractivity contribution in [3.05, 3.63) is 29.8 Å². The van der Waals surface area contributed by atoms with Crippen molar-refractivity contribution in [2.45, 2.75) is 13.0 Å². The Hall–Kier alpha value is -1.55. The van der Waals surface area contributed by atoms with E-state index in [1.54, 1.807) is 7.05 Å². The number of hydrogen-bond acceptors (Lipinski definition) is 3. The van der Waals surface area contributed by atoms with E-state index in [2.05, 4.69) is 5.32 Å². The second-order valence-corrected chi connectivity index (χ2v) is 3.32. The van der Waals surface area contributed by atoms with Gasteiger partial charge in [0.15, 0.2) is 6.61 Å². The summed E-state index contributed by atoms with van der Waals surface area (Å²) in [4.78, 5) is 10.9. The minimum Gasteiger partial charge on any atom is -0.484 e. The topological polar surface area (TPSA) is 64.3 Å². The standard InChI is InChI=1S/C11H16N2O2/c1-8(12)9-3-5-10(6-4-9)15-7-11(14)13-2/h3-6,8H,7,12H2,1-2H3,(H,13,14)/t8-/m0/s1. The van der Waals surface area contributed by atoms with Crippen molar-refractivity contribution in [1.29, 1.82) is 0 Å². The minimum atomic E-state index is -0.147. The Labute approximate surface area is 89.4 Å². The fraction of sp³-hybridized carbons (Fsp3) is 0.364. The molecule has 0 aliphatic heterocycles. The molecule has 3 N–H and O–H groups in total. The van der Waals surface area contributed by atoms with Crippen LogP contribution in [-0.4, -0.2) is 19.6 Å². The van der Waals surface area contributed by atoms with Crippen LogP contribution >= 0.6 is 0 Å². The van der Waals surface area contributed by atoms with E-state index in [0.717, 1.165) is 5.56 Å². The summed E-state index contributed by atoms with van der Waals surface area (Å²) in [6.45, 7) is 1.95. The first-order valence-electron chi connectivity index (χ1n) is 4.82. The molecule has 0 unspecified atom stereocenters. The average molecular weight is 208 g/mol. The number of likely N-dealkylation sites (N-methyl/N-ethyl adjacent to an activating group) is 1. The van der Waals surface area contributed by atoms with Crippen LogP contribution in [0.5, 0.6) is 5.75 Å². The van der Waals surface area contributed by atoms with E-state index in [9.17, 15) is 4.79 Å². The van der Waals surface area contributed by atoms with Crippen LogP contribution < -0.4 is 15.8 Å². The summed E-state index contributed by atoms with van der Waals surface area (Å²) in [7, 11) is 1.57. The molecule has 0 spiro atoms. The van der Waals surface area contributed by atoms with Crippen molar-refractivity contribution in [1.82, 2.24) is 5.32 Å². The van der Waals surface area contributed by atoms with Crippen LogP contribution in [0.4, 0.5) is 0 Å². The van der Waals surface area contributed by atoms with Crippen LogP contribution in [0.1, 0.15) is 18.5 Å². The maximum absolute atomic E-state index is 10.9. The molecule has 1 amide bonds. The molecule has 0 aliphatic carbocycles. The molecule has 0 aromatic heterocycles. The molecule has 4 heteroatoms. The number of carbonyl (C=O) groups is 1.